The van der Waals surface area contributed by atoms with Gasteiger partial charge >= 0.3 is 0 Å². The van der Waals surface area contributed by atoms with Crippen LogP contribution in [0.1, 0.15) is 58.2 Å². The van der Waals surface area contributed by atoms with E-state index in [0.29, 0.717) is 46.1 Å². The molecule has 314 valence electrons. The van der Waals surface area contributed by atoms with Gasteiger partial charge in [-0.2, -0.15) is 5.26 Å². The lowest BCUT2D eigenvalue weighted by molar-refractivity contribution is 0.590. The fourth-order valence-electron chi connectivity index (χ4n) is 8.28. The third kappa shape index (κ3) is 7.94. The third-order valence-corrected chi connectivity index (χ3v) is 11.9. The first-order chi connectivity index (χ1) is 31.4. The molecule has 0 aliphatic carbocycles. The van der Waals surface area contributed by atoms with Gasteiger partial charge in [0.05, 0.1) is 28.4 Å². The van der Waals surface area contributed by atoms with E-state index in [1.165, 1.54) is 11.1 Å². The Morgan fingerprint density at radius 3 is 1.29 bits per heavy atom. The van der Waals surface area contributed by atoms with Gasteiger partial charge < -0.3 is 4.57 Å². The molecule has 65 heavy (non-hydrogen) atoms. The number of para-hydroxylation sites is 1. The van der Waals surface area contributed by atoms with Gasteiger partial charge in [-0.1, -0.05) is 169 Å². The molecule has 10 rings (SSSR count). The number of nitriles is 1. The van der Waals surface area contributed by atoms with Crippen LogP contribution in [-0.2, 0) is 10.8 Å². The molecule has 0 spiro atoms. The summed E-state index contributed by atoms with van der Waals surface area (Å²) in [6, 6.07) is 59.8. The number of aromatic nitrogens is 7. The first-order valence-corrected chi connectivity index (χ1v) is 21.8. The van der Waals surface area contributed by atoms with Gasteiger partial charge in [-0.25, -0.2) is 29.9 Å². The van der Waals surface area contributed by atoms with E-state index in [1.807, 2.05) is 84.9 Å². The van der Waals surface area contributed by atoms with E-state index in [-0.39, 0.29) is 10.8 Å². The maximum absolute atomic E-state index is 10.3. The van der Waals surface area contributed by atoms with Gasteiger partial charge in [-0.15, -0.1) is 0 Å². The summed E-state index contributed by atoms with van der Waals surface area (Å²) in [5, 5.41) is 12.4. The summed E-state index contributed by atoms with van der Waals surface area (Å²) in [6.07, 6.45) is 0. The molecule has 3 aromatic heterocycles. The van der Waals surface area contributed by atoms with Gasteiger partial charge in [0.15, 0.2) is 34.9 Å². The maximum Gasteiger partial charge on any atom is 0.166 e. The molecule has 0 bridgehead atoms. The predicted molar refractivity (Wildman–Crippen MR) is 262 cm³/mol. The molecule has 0 aliphatic rings. The summed E-state index contributed by atoms with van der Waals surface area (Å²) < 4.78 is 2.24. The summed E-state index contributed by atoms with van der Waals surface area (Å²) >= 11 is 0. The lowest BCUT2D eigenvalue weighted by Gasteiger charge is -2.19. The molecule has 10 aromatic rings. The van der Waals surface area contributed by atoms with Crippen LogP contribution in [-0.4, -0.2) is 34.5 Å². The Kier molecular flexibility index (Phi) is 10.2. The molecule has 8 nitrogen and oxygen atoms in total. The van der Waals surface area contributed by atoms with Crippen LogP contribution in [0.25, 0.3) is 95.8 Å². The molecule has 0 radical (unpaired) electrons. The van der Waals surface area contributed by atoms with E-state index >= 15 is 0 Å². The zero-order chi connectivity index (χ0) is 44.9. The van der Waals surface area contributed by atoms with Crippen molar-refractivity contribution in [1.29, 1.82) is 5.26 Å². The van der Waals surface area contributed by atoms with Crippen molar-refractivity contribution in [3.63, 3.8) is 0 Å². The van der Waals surface area contributed by atoms with Crippen LogP contribution in [0, 0.1) is 11.3 Å². The minimum Gasteiger partial charge on any atom is -0.308 e. The smallest absolute Gasteiger partial charge is 0.166 e. The van der Waals surface area contributed by atoms with Gasteiger partial charge in [0.25, 0.3) is 0 Å². The molecule has 8 heteroatoms. The quantitative estimate of drug-likeness (QED) is 0.157. The molecule has 0 saturated heterocycles. The van der Waals surface area contributed by atoms with Crippen LogP contribution in [0.4, 0.5) is 0 Å². The summed E-state index contributed by atoms with van der Waals surface area (Å²) in [5.74, 6) is 3.34. The Balaban J connectivity index is 1.17. The SMILES string of the molecule is CC(C)(C)c1ccc(-c2nc(-c3ccc(C(C)(C)C)cc3)nc(-c3cc(C#N)ccc3-n3c4ccccc4c4cc(-c5nc(-c6ccccc6)nc(-c6ccccc6)n5)ccc43)n2)cc1. The second-order valence-corrected chi connectivity index (χ2v) is 18.4. The largest absolute Gasteiger partial charge is 0.308 e. The number of hydrogen-bond donors (Lipinski definition) is 0. The average molecular weight is 843 g/mol. The van der Waals surface area contributed by atoms with Crippen molar-refractivity contribution in [2.24, 2.45) is 0 Å². The second kappa shape index (κ2) is 16.2. The highest BCUT2D eigenvalue weighted by Crippen LogP contribution is 2.39. The normalized spacial score (nSPS) is 11.8. The summed E-state index contributed by atoms with van der Waals surface area (Å²) in [4.78, 5) is 30.5. The van der Waals surface area contributed by atoms with Crippen molar-refractivity contribution in [2.45, 2.75) is 52.4 Å². The summed E-state index contributed by atoms with van der Waals surface area (Å²) in [6.45, 7) is 13.2. The predicted octanol–water partition coefficient (Wildman–Crippen LogP) is 13.6. The zero-order valence-corrected chi connectivity index (χ0v) is 37.2. The molecular weight excluding hydrogens is 797 g/mol. The number of benzene rings is 7. The fourth-order valence-corrected chi connectivity index (χ4v) is 8.28. The molecule has 0 unspecified atom stereocenters. The van der Waals surface area contributed by atoms with E-state index in [4.69, 9.17) is 29.9 Å². The van der Waals surface area contributed by atoms with Gasteiger partial charge in [0.2, 0.25) is 0 Å². The zero-order valence-electron chi connectivity index (χ0n) is 37.2. The topological polar surface area (TPSA) is 106 Å². The Hall–Kier alpha value is -8.15. The van der Waals surface area contributed by atoms with E-state index in [2.05, 4.69) is 137 Å². The monoisotopic (exact) mass is 842 g/mol. The lowest BCUT2D eigenvalue weighted by atomic mass is 9.86. The minimum absolute atomic E-state index is 0.0139. The number of hydrogen-bond acceptors (Lipinski definition) is 7. The molecule has 0 amide bonds. The highest BCUT2D eigenvalue weighted by Gasteiger charge is 2.23. The van der Waals surface area contributed by atoms with Crippen molar-refractivity contribution in [3.8, 4) is 80.1 Å². The number of fused-ring (bicyclic) bond motifs is 3. The first-order valence-electron chi connectivity index (χ1n) is 21.8. The molecule has 7 aromatic carbocycles. The van der Waals surface area contributed by atoms with Crippen LogP contribution in [0.3, 0.4) is 0 Å². The Morgan fingerprint density at radius 2 is 0.800 bits per heavy atom. The second-order valence-electron chi connectivity index (χ2n) is 18.4. The Labute approximate surface area is 379 Å². The molecule has 0 N–H and O–H groups in total. The fraction of sp³-hybridized carbons (Fsp3) is 0.140. The van der Waals surface area contributed by atoms with Crippen molar-refractivity contribution in [3.05, 3.63) is 187 Å². The Morgan fingerprint density at radius 1 is 0.385 bits per heavy atom. The molecule has 0 aliphatic heterocycles. The molecule has 0 saturated carbocycles. The van der Waals surface area contributed by atoms with E-state index < -0.39 is 0 Å². The van der Waals surface area contributed by atoms with Gasteiger partial charge in [0.1, 0.15) is 0 Å². The highest BCUT2D eigenvalue weighted by molar-refractivity contribution is 6.10. The van der Waals surface area contributed by atoms with Crippen molar-refractivity contribution < 1.29 is 0 Å². The van der Waals surface area contributed by atoms with Crippen LogP contribution in [0.2, 0.25) is 0 Å². The van der Waals surface area contributed by atoms with E-state index in [1.54, 1.807) is 0 Å². The number of nitrogens with zero attached hydrogens (tertiary/aromatic N) is 8. The Bertz CT molecular complexity index is 3290. The summed E-state index contributed by atoms with van der Waals surface area (Å²) in [7, 11) is 0. The standard InChI is InChI=1S/C57H46N8/c1-56(2,3)42-27-22-39(23-28-42)52-60-53(40-24-29-43(30-25-40)57(4,5)6)64-55(63-52)46-33-36(35-58)21-31-49(46)65-47-20-14-13-19-44(47)45-34-41(26-32-48(45)65)54-61-50(37-15-9-7-10-16-37)59-51(62-54)38-17-11-8-12-18-38/h7-34H,1-6H3. The third-order valence-electron chi connectivity index (χ3n) is 11.9. The highest BCUT2D eigenvalue weighted by atomic mass is 15.1. The van der Waals surface area contributed by atoms with Crippen LogP contribution in [0.5, 0.6) is 0 Å². The van der Waals surface area contributed by atoms with E-state index in [9.17, 15) is 5.26 Å². The van der Waals surface area contributed by atoms with Crippen molar-refractivity contribution in [1.82, 2.24) is 34.5 Å². The van der Waals surface area contributed by atoms with Gasteiger partial charge in [-0.05, 0) is 64.4 Å². The van der Waals surface area contributed by atoms with Gasteiger partial charge in [-0.3, -0.25) is 0 Å². The van der Waals surface area contributed by atoms with Crippen molar-refractivity contribution in [2.75, 3.05) is 0 Å². The molecule has 0 atom stereocenters. The molecule has 0 fully saturated rings. The van der Waals surface area contributed by atoms with Crippen LogP contribution >= 0.6 is 0 Å². The van der Waals surface area contributed by atoms with Crippen molar-refractivity contribution >= 4 is 21.8 Å². The first kappa shape index (κ1) is 40.9. The van der Waals surface area contributed by atoms with Crippen LogP contribution < -0.4 is 0 Å². The minimum atomic E-state index is -0.0139. The van der Waals surface area contributed by atoms with Crippen LogP contribution in [0.15, 0.2) is 170 Å². The maximum atomic E-state index is 10.3. The summed E-state index contributed by atoms with van der Waals surface area (Å²) in [5.41, 5.74) is 10.8. The molecular formula is C57H46N8. The van der Waals surface area contributed by atoms with E-state index in [0.717, 1.165) is 55.3 Å². The lowest BCUT2D eigenvalue weighted by Crippen LogP contribution is -2.11. The number of rotatable bonds is 7. The average Bonchev–Trinajstić information content (AvgIpc) is 3.67. The molecule has 3 heterocycles. The van der Waals surface area contributed by atoms with Gasteiger partial charge in [0, 0.05) is 44.2 Å².